The average Bonchev–Trinajstić information content (AvgIpc) is 2.79. The second-order valence-electron chi connectivity index (χ2n) is 5.42. The smallest absolute Gasteiger partial charge is 0.247 e. The van der Waals surface area contributed by atoms with Crippen molar-refractivity contribution in [2.24, 2.45) is 0 Å². The Bertz CT molecular complexity index is 907. The van der Waals surface area contributed by atoms with Crippen LogP contribution in [0.2, 0.25) is 0 Å². The highest BCUT2D eigenvalue weighted by Crippen LogP contribution is 2.40. The molecule has 0 bridgehead atoms. The molecule has 1 atom stereocenters. The first-order valence-electron chi connectivity index (χ1n) is 7.90. The first-order chi connectivity index (χ1) is 12.2. The molecule has 0 aliphatic carbocycles. The molecule has 1 aromatic heterocycles. The minimum atomic E-state index is -0.349. The van der Waals surface area contributed by atoms with Crippen molar-refractivity contribution >= 4 is 33.4 Å². The van der Waals surface area contributed by atoms with Crippen LogP contribution in [0.3, 0.4) is 0 Å². The molecule has 0 unspecified atom stereocenters. The predicted octanol–water partition coefficient (Wildman–Crippen LogP) is 4.92. The van der Waals surface area contributed by atoms with Crippen molar-refractivity contribution in [1.29, 1.82) is 0 Å². The molecule has 0 spiro atoms. The van der Waals surface area contributed by atoms with Gasteiger partial charge in [0.05, 0.1) is 0 Å². The summed E-state index contributed by atoms with van der Waals surface area (Å²) in [6.07, 6.45) is -0.349. The number of rotatable bonds is 3. The lowest BCUT2D eigenvalue weighted by Gasteiger charge is -2.19. The fraction of sp³-hybridized carbons (Fsp3) is 0.167. The molecule has 1 aliphatic heterocycles. The highest BCUT2D eigenvalue weighted by Gasteiger charge is 2.26. The molecule has 1 aliphatic rings. The van der Waals surface area contributed by atoms with Crippen LogP contribution in [0.5, 0.6) is 5.88 Å². The zero-order valence-electron chi connectivity index (χ0n) is 13.4. The van der Waals surface area contributed by atoms with Crippen LogP contribution >= 0.6 is 27.7 Å². The van der Waals surface area contributed by atoms with E-state index in [-0.39, 0.29) is 6.23 Å². The number of nitrogens with one attached hydrogen (secondary N) is 1. The second kappa shape index (κ2) is 7.01. The van der Waals surface area contributed by atoms with E-state index in [1.54, 1.807) is 11.8 Å². The topological polar surface area (TPSA) is 59.9 Å². The van der Waals surface area contributed by atoms with E-state index in [1.165, 1.54) is 0 Å². The third-order valence-corrected chi connectivity index (χ3v) is 4.98. The highest BCUT2D eigenvalue weighted by molar-refractivity contribution is 9.10. The van der Waals surface area contributed by atoms with Gasteiger partial charge in [0.2, 0.25) is 11.0 Å². The molecular weight excluding hydrogens is 400 g/mol. The average molecular weight is 415 g/mol. The van der Waals surface area contributed by atoms with Crippen LogP contribution in [0.1, 0.15) is 18.7 Å². The maximum atomic E-state index is 6.20. The Hall–Kier alpha value is -2.12. The monoisotopic (exact) mass is 414 g/mol. The molecule has 0 saturated carbocycles. The quantitative estimate of drug-likeness (QED) is 0.613. The maximum Gasteiger partial charge on any atom is 0.247 e. The van der Waals surface area contributed by atoms with Crippen molar-refractivity contribution in [3.8, 4) is 17.1 Å². The minimum absolute atomic E-state index is 0.349. The van der Waals surface area contributed by atoms with Gasteiger partial charge >= 0.3 is 0 Å². The molecule has 25 heavy (non-hydrogen) atoms. The first kappa shape index (κ1) is 16.4. The molecule has 2 aromatic carbocycles. The standard InChI is InChI=1S/C18H15BrN4OS/c1-2-25-18-21-17-15(22-23-18)13-10-12(19)8-9-14(13)20-16(24-17)11-6-4-3-5-7-11/h3-10,16,20H,2H2,1H3/t16-/m0/s1. The summed E-state index contributed by atoms with van der Waals surface area (Å²) >= 11 is 5.07. The third kappa shape index (κ3) is 3.34. The number of nitrogens with zero attached hydrogens (tertiary/aromatic N) is 3. The Balaban J connectivity index is 1.86. The minimum Gasteiger partial charge on any atom is -0.448 e. The van der Waals surface area contributed by atoms with Crippen LogP contribution in [0.25, 0.3) is 11.3 Å². The Morgan fingerprint density at radius 3 is 2.80 bits per heavy atom. The number of benzene rings is 2. The summed E-state index contributed by atoms with van der Waals surface area (Å²) in [5.41, 5.74) is 3.51. The number of ether oxygens (including phenoxy) is 1. The van der Waals surface area contributed by atoms with E-state index in [1.807, 2.05) is 48.5 Å². The largest absolute Gasteiger partial charge is 0.448 e. The van der Waals surface area contributed by atoms with Gasteiger partial charge in [-0.3, -0.25) is 0 Å². The number of aromatic nitrogens is 3. The Kier molecular flexibility index (Phi) is 4.59. The van der Waals surface area contributed by atoms with E-state index >= 15 is 0 Å². The number of fused-ring (bicyclic) bond motifs is 3. The van der Waals surface area contributed by atoms with E-state index in [0.717, 1.165) is 27.0 Å². The number of hydrogen-bond acceptors (Lipinski definition) is 6. The number of anilines is 1. The van der Waals surface area contributed by atoms with Gasteiger partial charge in [-0.05, 0) is 24.0 Å². The molecule has 3 aromatic rings. The Morgan fingerprint density at radius 2 is 2.00 bits per heavy atom. The van der Waals surface area contributed by atoms with E-state index in [9.17, 15) is 0 Å². The van der Waals surface area contributed by atoms with Crippen LogP contribution < -0.4 is 10.1 Å². The van der Waals surface area contributed by atoms with Gasteiger partial charge in [-0.1, -0.05) is 64.9 Å². The molecule has 126 valence electrons. The molecule has 1 N–H and O–H groups in total. The zero-order valence-corrected chi connectivity index (χ0v) is 15.8. The fourth-order valence-electron chi connectivity index (χ4n) is 2.64. The van der Waals surface area contributed by atoms with Gasteiger partial charge in [0, 0.05) is 21.3 Å². The van der Waals surface area contributed by atoms with Gasteiger partial charge in [-0.25, -0.2) is 0 Å². The van der Waals surface area contributed by atoms with Crippen molar-refractivity contribution in [1.82, 2.24) is 15.2 Å². The van der Waals surface area contributed by atoms with Gasteiger partial charge in [-0.2, -0.15) is 4.98 Å². The van der Waals surface area contributed by atoms with Crippen molar-refractivity contribution in [2.75, 3.05) is 11.1 Å². The summed E-state index contributed by atoms with van der Waals surface area (Å²) in [6, 6.07) is 16.0. The van der Waals surface area contributed by atoms with Crippen LogP contribution in [-0.2, 0) is 0 Å². The third-order valence-electron chi connectivity index (χ3n) is 3.76. The summed E-state index contributed by atoms with van der Waals surface area (Å²) in [5, 5.41) is 12.7. The number of thioether (sulfide) groups is 1. The Labute approximate surface area is 158 Å². The van der Waals surface area contributed by atoms with Crippen molar-refractivity contribution in [3.63, 3.8) is 0 Å². The molecule has 2 heterocycles. The summed E-state index contributed by atoms with van der Waals surface area (Å²) in [4.78, 5) is 4.58. The lowest BCUT2D eigenvalue weighted by Crippen LogP contribution is -2.17. The lowest BCUT2D eigenvalue weighted by molar-refractivity contribution is 0.225. The van der Waals surface area contributed by atoms with E-state index < -0.39 is 0 Å². The second-order valence-corrected chi connectivity index (χ2v) is 7.57. The maximum absolute atomic E-state index is 6.20. The first-order valence-corrected chi connectivity index (χ1v) is 9.68. The van der Waals surface area contributed by atoms with Crippen LogP contribution in [0, 0.1) is 0 Å². The van der Waals surface area contributed by atoms with E-state index in [0.29, 0.717) is 16.7 Å². The van der Waals surface area contributed by atoms with E-state index in [4.69, 9.17) is 4.74 Å². The summed E-state index contributed by atoms with van der Waals surface area (Å²) in [6.45, 7) is 2.06. The molecule has 4 rings (SSSR count). The SMILES string of the molecule is CCSc1nnc2c(n1)O[C@@H](c1ccccc1)Nc1ccc(Br)cc1-2. The molecule has 7 heteroatoms. The van der Waals surface area contributed by atoms with Crippen LogP contribution in [0.4, 0.5) is 5.69 Å². The Morgan fingerprint density at radius 1 is 1.16 bits per heavy atom. The number of halogens is 1. The van der Waals surface area contributed by atoms with Crippen molar-refractivity contribution < 1.29 is 4.74 Å². The molecule has 5 nitrogen and oxygen atoms in total. The van der Waals surface area contributed by atoms with Gasteiger partial charge in [0.15, 0.2) is 11.9 Å². The lowest BCUT2D eigenvalue weighted by atomic mass is 10.1. The van der Waals surface area contributed by atoms with E-state index in [2.05, 4.69) is 43.4 Å². The summed E-state index contributed by atoms with van der Waals surface area (Å²) < 4.78 is 7.16. The summed E-state index contributed by atoms with van der Waals surface area (Å²) in [7, 11) is 0. The van der Waals surface area contributed by atoms with Gasteiger partial charge < -0.3 is 10.1 Å². The molecular formula is C18H15BrN4OS. The highest BCUT2D eigenvalue weighted by atomic mass is 79.9. The zero-order chi connectivity index (χ0) is 17.2. The number of hydrogen-bond donors (Lipinski definition) is 1. The predicted molar refractivity (Wildman–Crippen MR) is 103 cm³/mol. The van der Waals surface area contributed by atoms with Gasteiger partial charge in [0.25, 0.3) is 0 Å². The van der Waals surface area contributed by atoms with Crippen LogP contribution in [0.15, 0.2) is 58.2 Å². The molecule has 0 radical (unpaired) electrons. The normalized spacial score (nSPS) is 15.4. The van der Waals surface area contributed by atoms with Crippen molar-refractivity contribution in [2.45, 2.75) is 18.3 Å². The summed E-state index contributed by atoms with van der Waals surface area (Å²) in [5.74, 6) is 1.37. The molecule has 0 fully saturated rings. The van der Waals surface area contributed by atoms with Crippen molar-refractivity contribution in [3.05, 3.63) is 58.6 Å². The van der Waals surface area contributed by atoms with Gasteiger partial charge in [-0.15, -0.1) is 10.2 Å². The fourth-order valence-corrected chi connectivity index (χ4v) is 3.50. The van der Waals surface area contributed by atoms with Crippen LogP contribution in [-0.4, -0.2) is 20.9 Å². The molecule has 0 amide bonds. The molecule has 0 saturated heterocycles. The van der Waals surface area contributed by atoms with Gasteiger partial charge in [0.1, 0.15) is 0 Å².